The highest BCUT2D eigenvalue weighted by molar-refractivity contribution is 7.98. The maximum Gasteiger partial charge on any atom is 0.256 e. The highest BCUT2D eigenvalue weighted by Crippen LogP contribution is 2.29. The number of nitrogens with zero attached hydrogens (tertiary/aromatic N) is 4. The summed E-state index contributed by atoms with van der Waals surface area (Å²) in [5, 5.41) is 7.66. The standard InChI is InChI=1S/C22H21N5OS2/c1-29-22-23-18-9-10-26(14-17(18)21(28)24-22)12-15-13-27(16-6-3-2-4-7-16)25-20(15)19-8-5-11-30-19/h2-8,11,13H,9-10,12,14H2,1H3,(H,23,24,28). The lowest BCUT2D eigenvalue weighted by Gasteiger charge is -2.27. The van der Waals surface area contributed by atoms with Gasteiger partial charge < -0.3 is 4.98 Å². The molecule has 0 saturated carbocycles. The molecule has 1 aromatic carbocycles. The first-order valence-electron chi connectivity index (χ1n) is 9.77. The van der Waals surface area contributed by atoms with E-state index < -0.39 is 0 Å². The van der Waals surface area contributed by atoms with Crippen LogP contribution in [0.15, 0.2) is 64.0 Å². The number of aromatic nitrogens is 4. The van der Waals surface area contributed by atoms with E-state index >= 15 is 0 Å². The largest absolute Gasteiger partial charge is 0.301 e. The van der Waals surface area contributed by atoms with Gasteiger partial charge in [0.15, 0.2) is 5.16 Å². The molecule has 1 N–H and O–H groups in total. The summed E-state index contributed by atoms with van der Waals surface area (Å²) in [6.07, 6.45) is 4.82. The molecule has 0 unspecified atom stereocenters. The molecule has 5 rings (SSSR count). The summed E-state index contributed by atoms with van der Waals surface area (Å²) in [5.74, 6) is 0. The van der Waals surface area contributed by atoms with E-state index in [0.29, 0.717) is 11.7 Å². The van der Waals surface area contributed by atoms with E-state index in [4.69, 9.17) is 5.10 Å². The average molecular weight is 436 g/mol. The lowest BCUT2D eigenvalue weighted by Crippen LogP contribution is -2.35. The van der Waals surface area contributed by atoms with Gasteiger partial charge in [0.2, 0.25) is 0 Å². The fourth-order valence-corrected chi connectivity index (χ4v) is 4.93. The topological polar surface area (TPSA) is 66.8 Å². The quantitative estimate of drug-likeness (QED) is 0.380. The fraction of sp³-hybridized carbons (Fsp3) is 0.227. The minimum Gasteiger partial charge on any atom is -0.301 e. The van der Waals surface area contributed by atoms with Gasteiger partial charge in [0.25, 0.3) is 5.56 Å². The Labute approximate surface area is 182 Å². The van der Waals surface area contributed by atoms with Crippen LogP contribution in [-0.2, 0) is 19.5 Å². The molecule has 0 aliphatic carbocycles. The summed E-state index contributed by atoms with van der Waals surface area (Å²) in [4.78, 5) is 23.5. The average Bonchev–Trinajstić information content (AvgIpc) is 3.44. The molecule has 0 amide bonds. The fourth-order valence-electron chi connectivity index (χ4n) is 3.79. The Bertz CT molecular complexity index is 1210. The Morgan fingerprint density at radius 3 is 2.83 bits per heavy atom. The molecular weight excluding hydrogens is 414 g/mol. The van der Waals surface area contributed by atoms with E-state index in [2.05, 4.69) is 50.7 Å². The summed E-state index contributed by atoms with van der Waals surface area (Å²) in [5.41, 5.74) is 4.90. The van der Waals surface area contributed by atoms with Crippen molar-refractivity contribution in [2.75, 3.05) is 12.8 Å². The number of H-pyrrole nitrogens is 1. The van der Waals surface area contributed by atoms with Crippen molar-refractivity contribution in [3.63, 3.8) is 0 Å². The first-order chi connectivity index (χ1) is 14.7. The lowest BCUT2D eigenvalue weighted by molar-refractivity contribution is 0.241. The zero-order valence-corrected chi connectivity index (χ0v) is 18.2. The molecule has 1 aliphatic heterocycles. The van der Waals surface area contributed by atoms with E-state index in [1.165, 1.54) is 11.8 Å². The van der Waals surface area contributed by atoms with Crippen LogP contribution in [0.4, 0.5) is 0 Å². The summed E-state index contributed by atoms with van der Waals surface area (Å²) in [6.45, 7) is 2.22. The summed E-state index contributed by atoms with van der Waals surface area (Å²) in [6, 6.07) is 14.3. The van der Waals surface area contributed by atoms with Crippen LogP contribution in [0.1, 0.15) is 16.8 Å². The number of hydrogen-bond donors (Lipinski definition) is 1. The first-order valence-corrected chi connectivity index (χ1v) is 11.9. The molecule has 0 atom stereocenters. The molecule has 152 valence electrons. The maximum absolute atomic E-state index is 12.5. The molecule has 8 heteroatoms. The minimum absolute atomic E-state index is 0.0208. The van der Waals surface area contributed by atoms with Gasteiger partial charge in [0, 0.05) is 37.8 Å². The number of para-hydroxylation sites is 1. The number of thiophene rings is 1. The molecule has 4 aromatic rings. The van der Waals surface area contributed by atoms with E-state index in [9.17, 15) is 4.79 Å². The number of hydrogen-bond acceptors (Lipinski definition) is 6. The van der Waals surface area contributed by atoms with Crippen molar-refractivity contribution in [2.24, 2.45) is 0 Å². The van der Waals surface area contributed by atoms with Crippen LogP contribution in [0.25, 0.3) is 16.3 Å². The van der Waals surface area contributed by atoms with Crippen LogP contribution in [0.2, 0.25) is 0 Å². The van der Waals surface area contributed by atoms with E-state index in [0.717, 1.165) is 52.6 Å². The third kappa shape index (κ3) is 3.74. The van der Waals surface area contributed by atoms with Gasteiger partial charge in [-0.2, -0.15) is 5.10 Å². The molecule has 3 aromatic heterocycles. The summed E-state index contributed by atoms with van der Waals surface area (Å²) in [7, 11) is 0. The van der Waals surface area contributed by atoms with Crippen molar-refractivity contribution in [3.05, 3.63) is 81.2 Å². The Kier molecular flexibility index (Phi) is 5.28. The monoisotopic (exact) mass is 435 g/mol. The van der Waals surface area contributed by atoms with Gasteiger partial charge in [0.1, 0.15) is 5.69 Å². The Morgan fingerprint density at radius 2 is 2.07 bits per heavy atom. The van der Waals surface area contributed by atoms with Crippen molar-refractivity contribution >= 4 is 23.1 Å². The Balaban J connectivity index is 1.46. The first kappa shape index (κ1) is 19.3. The molecule has 30 heavy (non-hydrogen) atoms. The van der Waals surface area contributed by atoms with Crippen molar-refractivity contribution < 1.29 is 0 Å². The number of thioether (sulfide) groups is 1. The SMILES string of the molecule is CSc1nc2c(c(=O)[nH]1)CN(Cc1cn(-c3ccccc3)nc1-c1cccs1)CC2. The van der Waals surface area contributed by atoms with Gasteiger partial charge >= 0.3 is 0 Å². The van der Waals surface area contributed by atoms with Crippen LogP contribution < -0.4 is 5.56 Å². The highest BCUT2D eigenvalue weighted by Gasteiger charge is 2.23. The van der Waals surface area contributed by atoms with E-state index in [1.54, 1.807) is 11.3 Å². The molecule has 6 nitrogen and oxygen atoms in total. The second kappa shape index (κ2) is 8.22. The predicted octanol–water partition coefficient (Wildman–Crippen LogP) is 3.96. The molecule has 0 spiro atoms. The second-order valence-electron chi connectivity index (χ2n) is 7.22. The number of fused-ring (bicyclic) bond motifs is 1. The maximum atomic E-state index is 12.5. The third-order valence-electron chi connectivity index (χ3n) is 5.28. The number of benzene rings is 1. The zero-order valence-electron chi connectivity index (χ0n) is 16.5. The molecule has 0 saturated heterocycles. The van der Waals surface area contributed by atoms with Crippen LogP contribution in [0.3, 0.4) is 0 Å². The molecule has 1 aliphatic rings. The van der Waals surface area contributed by atoms with Crippen LogP contribution in [0, 0.1) is 0 Å². The second-order valence-corrected chi connectivity index (χ2v) is 8.96. The summed E-state index contributed by atoms with van der Waals surface area (Å²) >= 11 is 3.16. The predicted molar refractivity (Wildman–Crippen MR) is 121 cm³/mol. The molecule has 0 fully saturated rings. The van der Waals surface area contributed by atoms with E-state index in [1.807, 2.05) is 29.1 Å². The van der Waals surface area contributed by atoms with Crippen LogP contribution >= 0.6 is 23.1 Å². The minimum atomic E-state index is -0.0208. The van der Waals surface area contributed by atoms with Gasteiger partial charge in [-0.15, -0.1) is 11.3 Å². The van der Waals surface area contributed by atoms with Crippen molar-refractivity contribution in [3.8, 4) is 16.3 Å². The van der Waals surface area contributed by atoms with Gasteiger partial charge in [-0.25, -0.2) is 9.67 Å². The third-order valence-corrected chi connectivity index (χ3v) is 6.74. The summed E-state index contributed by atoms with van der Waals surface area (Å²) < 4.78 is 1.95. The number of rotatable bonds is 5. The van der Waals surface area contributed by atoms with Crippen molar-refractivity contribution in [1.29, 1.82) is 0 Å². The Hall–Kier alpha value is -2.68. The number of aromatic amines is 1. The van der Waals surface area contributed by atoms with Gasteiger partial charge in [-0.3, -0.25) is 9.69 Å². The van der Waals surface area contributed by atoms with E-state index in [-0.39, 0.29) is 5.56 Å². The van der Waals surface area contributed by atoms with Gasteiger partial charge in [0.05, 0.1) is 21.8 Å². The lowest BCUT2D eigenvalue weighted by atomic mass is 10.1. The molecule has 0 bridgehead atoms. The normalized spacial score (nSPS) is 14.0. The number of nitrogens with one attached hydrogen (secondary N) is 1. The molecule has 0 radical (unpaired) electrons. The van der Waals surface area contributed by atoms with Crippen molar-refractivity contribution in [2.45, 2.75) is 24.7 Å². The van der Waals surface area contributed by atoms with Crippen molar-refractivity contribution in [1.82, 2.24) is 24.6 Å². The van der Waals surface area contributed by atoms with Crippen LogP contribution in [0.5, 0.6) is 0 Å². The van der Waals surface area contributed by atoms with Gasteiger partial charge in [-0.1, -0.05) is 36.0 Å². The Morgan fingerprint density at radius 1 is 1.20 bits per heavy atom. The molecular formula is C22H21N5OS2. The highest BCUT2D eigenvalue weighted by atomic mass is 32.2. The van der Waals surface area contributed by atoms with Gasteiger partial charge in [-0.05, 0) is 29.8 Å². The molecule has 4 heterocycles. The zero-order chi connectivity index (χ0) is 20.5. The van der Waals surface area contributed by atoms with Crippen LogP contribution in [-0.4, -0.2) is 37.4 Å². The smallest absolute Gasteiger partial charge is 0.256 e.